The normalized spacial score (nSPS) is 19.9. The van der Waals surface area contributed by atoms with Crippen LogP contribution in [-0.2, 0) is 22.6 Å². The van der Waals surface area contributed by atoms with Gasteiger partial charge in [-0.3, -0.25) is 9.59 Å². The summed E-state index contributed by atoms with van der Waals surface area (Å²) in [6, 6.07) is 5.51. The van der Waals surface area contributed by atoms with Gasteiger partial charge in [-0.2, -0.15) is 0 Å². The van der Waals surface area contributed by atoms with E-state index in [2.05, 4.69) is 10.3 Å². The monoisotopic (exact) mass is 484 g/mol. The quantitative estimate of drug-likeness (QED) is 0.573. The molecule has 1 saturated carbocycles. The highest BCUT2D eigenvalue weighted by Gasteiger charge is 2.49. The lowest BCUT2D eigenvalue weighted by molar-refractivity contribution is -0.134. The number of amides is 2. The number of carbonyl (C=O) groups is 3. The van der Waals surface area contributed by atoms with Crippen molar-refractivity contribution in [2.24, 2.45) is 0 Å². The third-order valence-corrected chi connectivity index (χ3v) is 6.79. The van der Waals surface area contributed by atoms with Crippen LogP contribution in [0.3, 0.4) is 0 Å². The molecule has 0 spiro atoms. The van der Waals surface area contributed by atoms with Crippen molar-refractivity contribution in [2.45, 2.75) is 64.2 Å². The van der Waals surface area contributed by atoms with Crippen LogP contribution >= 0.6 is 0 Å². The first-order valence-corrected chi connectivity index (χ1v) is 11.9. The van der Waals surface area contributed by atoms with Gasteiger partial charge in [0.2, 0.25) is 5.91 Å². The van der Waals surface area contributed by atoms with Crippen LogP contribution in [0.25, 0.3) is 0 Å². The Morgan fingerprint density at radius 1 is 1.20 bits per heavy atom. The van der Waals surface area contributed by atoms with Crippen molar-refractivity contribution < 1.29 is 28.6 Å². The highest BCUT2D eigenvalue weighted by atomic mass is 16.5. The molecule has 0 radical (unpaired) electrons. The number of carbonyl (C=O) groups excluding carboxylic acids is 3. The lowest BCUT2D eigenvalue weighted by Crippen LogP contribution is -2.64. The lowest BCUT2D eigenvalue weighted by atomic mass is 9.93. The summed E-state index contributed by atoms with van der Waals surface area (Å²) in [6.07, 6.45) is 5.41. The molecule has 1 aliphatic heterocycles. The second-order valence-corrected chi connectivity index (χ2v) is 9.10. The fourth-order valence-electron chi connectivity index (χ4n) is 4.86. The van der Waals surface area contributed by atoms with Crippen molar-refractivity contribution in [2.75, 3.05) is 20.8 Å². The molecule has 2 heterocycles. The SMILES string of the molecule is CCOc1ccc(CN2C(=O)c3c(C(=O)OC)ncn3CC2(C)C(=O)NC2CCCC2)cc1OC. The first-order chi connectivity index (χ1) is 16.8. The van der Waals surface area contributed by atoms with E-state index in [9.17, 15) is 14.4 Å². The second kappa shape index (κ2) is 9.97. The molecule has 1 atom stereocenters. The predicted molar refractivity (Wildman–Crippen MR) is 126 cm³/mol. The fourth-order valence-corrected chi connectivity index (χ4v) is 4.86. The molecule has 1 fully saturated rings. The standard InChI is InChI=1S/C25H32N4O6/c1-5-35-18-11-10-16(12-19(18)33-3)13-29-22(30)21-20(23(31)34-4)26-15-28(21)14-25(29,2)24(32)27-17-8-6-7-9-17/h10-12,15,17H,5-9,13-14H2,1-4H3,(H,27,32). The van der Waals surface area contributed by atoms with Crippen LogP contribution < -0.4 is 14.8 Å². The maximum Gasteiger partial charge on any atom is 0.359 e. The molecule has 10 heteroatoms. The van der Waals surface area contributed by atoms with E-state index in [1.165, 1.54) is 18.3 Å². The van der Waals surface area contributed by atoms with E-state index in [-0.39, 0.29) is 36.4 Å². The number of imidazole rings is 1. The van der Waals surface area contributed by atoms with Gasteiger partial charge in [0.1, 0.15) is 11.2 Å². The molecule has 2 amide bonds. The Morgan fingerprint density at radius 2 is 1.94 bits per heavy atom. The van der Waals surface area contributed by atoms with Crippen molar-refractivity contribution in [1.29, 1.82) is 0 Å². The minimum absolute atomic E-state index is 0.0648. The van der Waals surface area contributed by atoms with Crippen LogP contribution in [-0.4, -0.2) is 64.6 Å². The maximum atomic E-state index is 13.8. The number of hydrogen-bond acceptors (Lipinski definition) is 7. The van der Waals surface area contributed by atoms with Crippen molar-refractivity contribution in [3.05, 3.63) is 41.5 Å². The number of nitrogens with zero attached hydrogens (tertiary/aromatic N) is 3. The molecule has 1 aromatic heterocycles. The Bertz CT molecular complexity index is 1120. The number of esters is 1. The Hall–Kier alpha value is -3.56. The zero-order chi connectivity index (χ0) is 25.2. The van der Waals surface area contributed by atoms with Gasteiger partial charge in [-0.05, 0) is 44.4 Å². The smallest absolute Gasteiger partial charge is 0.359 e. The lowest BCUT2D eigenvalue weighted by Gasteiger charge is -2.44. The average Bonchev–Trinajstić information content (AvgIpc) is 3.52. The van der Waals surface area contributed by atoms with Gasteiger partial charge in [-0.15, -0.1) is 0 Å². The molecule has 0 bridgehead atoms. The molecule has 1 unspecified atom stereocenters. The third kappa shape index (κ3) is 4.56. The topological polar surface area (TPSA) is 112 Å². The Morgan fingerprint density at radius 3 is 2.60 bits per heavy atom. The van der Waals surface area contributed by atoms with E-state index < -0.39 is 17.4 Å². The van der Waals surface area contributed by atoms with Crippen LogP contribution in [0.15, 0.2) is 24.5 Å². The first-order valence-electron chi connectivity index (χ1n) is 11.9. The van der Waals surface area contributed by atoms with E-state index in [1.807, 2.05) is 13.0 Å². The minimum Gasteiger partial charge on any atom is -0.493 e. The second-order valence-electron chi connectivity index (χ2n) is 9.10. The number of rotatable bonds is 8. The molecule has 35 heavy (non-hydrogen) atoms. The zero-order valence-electron chi connectivity index (χ0n) is 20.6. The van der Waals surface area contributed by atoms with Crippen LogP contribution in [0.4, 0.5) is 0 Å². The number of ether oxygens (including phenoxy) is 3. The minimum atomic E-state index is -1.20. The summed E-state index contributed by atoms with van der Waals surface area (Å²) in [4.78, 5) is 45.4. The third-order valence-electron chi connectivity index (χ3n) is 6.79. The largest absolute Gasteiger partial charge is 0.493 e. The van der Waals surface area contributed by atoms with Gasteiger partial charge in [0.15, 0.2) is 17.2 Å². The summed E-state index contributed by atoms with van der Waals surface area (Å²) in [7, 11) is 2.79. The number of hydrogen-bond donors (Lipinski definition) is 1. The summed E-state index contributed by atoms with van der Waals surface area (Å²) >= 11 is 0. The maximum absolute atomic E-state index is 13.8. The molecule has 4 rings (SSSR count). The van der Waals surface area contributed by atoms with Gasteiger partial charge in [-0.25, -0.2) is 9.78 Å². The number of fused-ring (bicyclic) bond motifs is 1. The fraction of sp³-hybridized carbons (Fsp3) is 0.520. The van der Waals surface area contributed by atoms with Gasteiger partial charge < -0.3 is 29.0 Å². The number of benzene rings is 1. The Balaban J connectivity index is 1.72. The van der Waals surface area contributed by atoms with E-state index >= 15 is 0 Å². The van der Waals surface area contributed by atoms with Gasteiger partial charge in [-0.1, -0.05) is 18.9 Å². The van der Waals surface area contributed by atoms with E-state index in [4.69, 9.17) is 14.2 Å². The van der Waals surface area contributed by atoms with Crippen molar-refractivity contribution in [3.63, 3.8) is 0 Å². The van der Waals surface area contributed by atoms with E-state index in [0.29, 0.717) is 18.1 Å². The van der Waals surface area contributed by atoms with E-state index in [1.54, 1.807) is 30.7 Å². The molecule has 1 aliphatic carbocycles. The molecule has 1 aromatic carbocycles. The van der Waals surface area contributed by atoms with Gasteiger partial charge >= 0.3 is 5.97 Å². The average molecular weight is 485 g/mol. The van der Waals surface area contributed by atoms with Crippen molar-refractivity contribution in [3.8, 4) is 11.5 Å². The molecule has 2 aliphatic rings. The number of aromatic nitrogens is 2. The molecule has 0 saturated heterocycles. The van der Waals surface area contributed by atoms with Crippen LogP contribution in [0.1, 0.15) is 66.1 Å². The first kappa shape index (κ1) is 24.6. The molecule has 188 valence electrons. The Kier molecular flexibility index (Phi) is 7.00. The number of methoxy groups -OCH3 is 2. The summed E-state index contributed by atoms with van der Waals surface area (Å²) in [5.41, 5.74) is -0.399. The summed E-state index contributed by atoms with van der Waals surface area (Å²) < 4.78 is 17.5. The summed E-state index contributed by atoms with van der Waals surface area (Å²) in [5.74, 6) is -0.266. The van der Waals surface area contributed by atoms with Gasteiger partial charge in [0, 0.05) is 12.6 Å². The van der Waals surface area contributed by atoms with Crippen molar-refractivity contribution in [1.82, 2.24) is 19.8 Å². The van der Waals surface area contributed by atoms with Crippen LogP contribution in [0.5, 0.6) is 11.5 Å². The summed E-state index contributed by atoms with van der Waals surface area (Å²) in [5, 5.41) is 3.14. The van der Waals surface area contributed by atoms with Gasteiger partial charge in [0.05, 0.1) is 33.7 Å². The molecule has 10 nitrogen and oxygen atoms in total. The molecular formula is C25H32N4O6. The van der Waals surface area contributed by atoms with Gasteiger partial charge in [0.25, 0.3) is 5.91 Å². The predicted octanol–water partition coefficient (Wildman–Crippen LogP) is 2.55. The molecule has 1 N–H and O–H groups in total. The van der Waals surface area contributed by atoms with Crippen molar-refractivity contribution >= 4 is 17.8 Å². The highest BCUT2D eigenvalue weighted by Crippen LogP contribution is 2.34. The zero-order valence-corrected chi connectivity index (χ0v) is 20.6. The Labute approximate surface area is 204 Å². The van der Waals surface area contributed by atoms with E-state index in [0.717, 1.165) is 31.2 Å². The number of nitrogens with one attached hydrogen (secondary N) is 1. The van der Waals surface area contributed by atoms with Crippen LogP contribution in [0, 0.1) is 0 Å². The molecule has 2 aromatic rings. The molecular weight excluding hydrogens is 452 g/mol. The highest BCUT2D eigenvalue weighted by molar-refractivity contribution is 6.06. The van der Waals surface area contributed by atoms with Crippen LogP contribution in [0.2, 0.25) is 0 Å². The summed E-state index contributed by atoms with van der Waals surface area (Å²) in [6.45, 7) is 4.41.